The summed E-state index contributed by atoms with van der Waals surface area (Å²) in [6.07, 6.45) is 6.40. The molecule has 4 aromatic rings. The number of fused-ring (bicyclic) bond motifs is 1. The van der Waals surface area contributed by atoms with Crippen LogP contribution in [-0.4, -0.2) is 59.4 Å². The van der Waals surface area contributed by atoms with Gasteiger partial charge >= 0.3 is 6.41 Å². The van der Waals surface area contributed by atoms with Crippen molar-refractivity contribution in [2.75, 3.05) is 0 Å². The van der Waals surface area contributed by atoms with Crippen molar-refractivity contribution >= 4 is 11.6 Å². The monoisotopic (exact) mass is 626 g/mol. The highest BCUT2D eigenvalue weighted by Gasteiger charge is 2.54. The fourth-order valence-electron chi connectivity index (χ4n) is 7.27. The number of ether oxygens (including phenoxy) is 1. The summed E-state index contributed by atoms with van der Waals surface area (Å²) < 4.78 is 10.0. The van der Waals surface area contributed by atoms with Crippen molar-refractivity contribution in [1.82, 2.24) is 24.5 Å². The van der Waals surface area contributed by atoms with Crippen molar-refractivity contribution < 1.29 is 19.8 Å². The van der Waals surface area contributed by atoms with Gasteiger partial charge in [-0.2, -0.15) is 10.1 Å². The minimum atomic E-state index is -1.16. The van der Waals surface area contributed by atoms with Crippen LogP contribution in [0.3, 0.4) is 0 Å². The first-order valence-electron chi connectivity index (χ1n) is 16.5. The number of aryl methyl sites for hydroxylation is 1. The first kappa shape index (κ1) is 30.6. The van der Waals surface area contributed by atoms with Gasteiger partial charge in [-0.15, -0.1) is 0 Å². The molecule has 2 aromatic heterocycles. The number of benzene rings is 2. The Kier molecular flexibility index (Phi) is 8.16. The number of amidine groups is 1. The number of rotatable bonds is 10. The van der Waals surface area contributed by atoms with Gasteiger partial charge in [0.25, 0.3) is 5.56 Å². The normalized spacial score (nSPS) is 26.4. The fraction of sp³-hybridized carbons (Fsp3) is 0.486. The molecule has 11 nitrogen and oxygen atoms in total. The van der Waals surface area contributed by atoms with Crippen molar-refractivity contribution in [2.24, 2.45) is 11.1 Å². The number of hydrogen-bond donors (Lipinski definition) is 3. The molecule has 0 radical (unpaired) electrons. The lowest BCUT2D eigenvalue weighted by atomic mass is 9.92. The molecule has 1 aliphatic heterocycles. The smallest absolute Gasteiger partial charge is 0.304 e. The van der Waals surface area contributed by atoms with E-state index in [-0.39, 0.29) is 29.7 Å². The van der Waals surface area contributed by atoms with Crippen LogP contribution in [0.1, 0.15) is 87.7 Å². The van der Waals surface area contributed by atoms with Crippen LogP contribution < -0.4 is 10.9 Å². The molecule has 2 fully saturated rings. The molecule has 0 amide bonds. The van der Waals surface area contributed by atoms with E-state index in [1.807, 2.05) is 52.4 Å². The van der Waals surface area contributed by atoms with E-state index in [9.17, 15) is 15.0 Å². The van der Waals surface area contributed by atoms with E-state index in [1.54, 1.807) is 6.33 Å². The van der Waals surface area contributed by atoms with E-state index in [2.05, 4.69) is 46.5 Å². The van der Waals surface area contributed by atoms with Crippen LogP contribution in [-0.2, 0) is 22.4 Å². The van der Waals surface area contributed by atoms with Crippen molar-refractivity contribution in [3.8, 4) is 11.1 Å². The molecule has 3 heterocycles. The maximum absolute atomic E-state index is 14.4. The van der Waals surface area contributed by atoms with Crippen LogP contribution in [0.25, 0.3) is 16.9 Å². The summed E-state index contributed by atoms with van der Waals surface area (Å²) in [5, 5.41) is 31.8. The number of aliphatic hydroxyl groups excluding tert-OH is 1. The third-order valence-electron chi connectivity index (χ3n) is 10.1. The van der Waals surface area contributed by atoms with Crippen molar-refractivity contribution in [3.05, 3.63) is 87.6 Å². The molecular formula is C35H42N6O5. The highest BCUT2D eigenvalue weighted by molar-refractivity contribution is 6.04. The van der Waals surface area contributed by atoms with Gasteiger partial charge in [0.2, 0.25) is 5.78 Å². The summed E-state index contributed by atoms with van der Waals surface area (Å²) in [6.45, 7) is 6.15. The lowest BCUT2D eigenvalue weighted by Crippen LogP contribution is -2.38. The Labute approximate surface area is 267 Å². The maximum atomic E-state index is 14.4. The molecule has 4 unspecified atom stereocenters. The van der Waals surface area contributed by atoms with Gasteiger partial charge in [0.15, 0.2) is 5.84 Å². The van der Waals surface area contributed by atoms with Gasteiger partial charge in [-0.05, 0) is 68.1 Å². The molecule has 0 saturated heterocycles. The summed E-state index contributed by atoms with van der Waals surface area (Å²) in [6, 6.07) is 16.0. The lowest BCUT2D eigenvalue weighted by molar-refractivity contribution is -0.0970. The van der Waals surface area contributed by atoms with E-state index >= 15 is 0 Å². The Morgan fingerprint density at radius 1 is 1.11 bits per heavy atom. The lowest BCUT2D eigenvalue weighted by Gasteiger charge is -2.33. The number of aliphatic hydroxyl groups is 2. The first-order chi connectivity index (χ1) is 22.3. The Morgan fingerprint density at radius 2 is 1.83 bits per heavy atom. The third-order valence-corrected chi connectivity index (χ3v) is 10.1. The topological polar surface area (TPSA) is 136 Å². The second kappa shape index (κ2) is 12.3. The van der Waals surface area contributed by atoms with Crippen LogP contribution in [0.15, 0.2) is 64.8 Å². The molecule has 46 heavy (non-hydrogen) atoms. The number of aromatic nitrogens is 4. The molecule has 2 aliphatic carbocycles. The maximum Gasteiger partial charge on any atom is 0.304 e. The summed E-state index contributed by atoms with van der Waals surface area (Å²) in [5.41, 5.74) is 4.74. The number of nitrogens with one attached hydrogen (secondary N) is 1. The van der Waals surface area contributed by atoms with E-state index in [1.165, 1.54) is 0 Å². The molecule has 4 atom stereocenters. The molecular weight excluding hydrogens is 584 g/mol. The quantitative estimate of drug-likeness (QED) is 0.237. The van der Waals surface area contributed by atoms with E-state index in [0.29, 0.717) is 18.0 Å². The van der Waals surface area contributed by atoms with Gasteiger partial charge in [0, 0.05) is 23.6 Å². The second-order valence-corrected chi connectivity index (χ2v) is 13.1. The molecule has 0 spiro atoms. The van der Waals surface area contributed by atoms with Crippen LogP contribution in [0, 0.1) is 5.92 Å². The molecule has 7 rings (SSSR count). The Hall–Kier alpha value is -4.06. The Bertz CT molecular complexity index is 1810. The minimum Gasteiger partial charge on any atom is -0.387 e. The molecule has 3 aliphatic rings. The number of oxime groups is 1. The fourth-order valence-corrected chi connectivity index (χ4v) is 7.27. The average Bonchev–Trinajstić information content (AvgIpc) is 3.38. The highest BCUT2D eigenvalue weighted by atomic mass is 16.7. The van der Waals surface area contributed by atoms with Gasteiger partial charge in [-0.25, -0.2) is 4.52 Å². The van der Waals surface area contributed by atoms with E-state index < -0.39 is 12.0 Å². The van der Waals surface area contributed by atoms with Gasteiger partial charge in [0.1, 0.15) is 6.33 Å². The first-order valence-corrected chi connectivity index (χ1v) is 16.5. The average molecular weight is 627 g/mol. The summed E-state index contributed by atoms with van der Waals surface area (Å²) >= 11 is 0. The minimum absolute atomic E-state index is 0.000189. The number of nitrogens with zero attached hydrogens (tertiary/aromatic N) is 5. The van der Waals surface area contributed by atoms with Gasteiger partial charge in [0.05, 0.1) is 23.5 Å². The van der Waals surface area contributed by atoms with Crippen LogP contribution in [0.2, 0.25) is 0 Å². The summed E-state index contributed by atoms with van der Waals surface area (Å²) in [4.78, 5) is 23.9. The molecule has 2 saturated carbocycles. The molecule has 242 valence electrons. The molecule has 2 aromatic carbocycles. The SMILES string of the molecule is CCCc1c(Cc2ccc(-c3ccccc3C3=NOC(O)N3)cc2)c(=O)n([C@H]2CC[C@H](OC(C)C3(O)CC3C)CC2)c2ncnn12. The van der Waals surface area contributed by atoms with Gasteiger partial charge < -0.3 is 25.1 Å². The number of hydrogen-bond acceptors (Lipinski definition) is 9. The highest BCUT2D eigenvalue weighted by Crippen LogP contribution is 2.47. The summed E-state index contributed by atoms with van der Waals surface area (Å²) in [7, 11) is 0. The zero-order chi connectivity index (χ0) is 32.0. The van der Waals surface area contributed by atoms with Crippen molar-refractivity contribution in [2.45, 2.75) is 102 Å². The van der Waals surface area contributed by atoms with Crippen molar-refractivity contribution in [1.29, 1.82) is 0 Å². The van der Waals surface area contributed by atoms with Crippen molar-refractivity contribution in [3.63, 3.8) is 0 Å². The standard InChI is InChI=1S/C35H42N6O5/c1-4-7-30-29(18-23-10-12-24(13-11-23)27-8-5-6-9-28(27)31-38-34(43)46-39-31)32(42)40(33-36-20-37-41(30)33)25-14-16-26(17-15-25)45-22(3)35(44)19-21(35)2/h5-6,8-13,20-22,25-26,34,43-44H,4,7,14-19H2,1-3H3,(H,38,39)/t21?,22?,25-,26-,34?,35?. The zero-order valence-corrected chi connectivity index (χ0v) is 26.6. The molecule has 0 bridgehead atoms. The molecule has 3 N–H and O–H groups in total. The molecule has 11 heteroatoms. The zero-order valence-electron chi connectivity index (χ0n) is 26.6. The van der Waals surface area contributed by atoms with E-state index in [4.69, 9.17) is 9.57 Å². The largest absolute Gasteiger partial charge is 0.387 e. The summed E-state index contributed by atoms with van der Waals surface area (Å²) in [5.74, 6) is 1.35. The predicted molar refractivity (Wildman–Crippen MR) is 173 cm³/mol. The van der Waals surface area contributed by atoms with E-state index in [0.717, 1.165) is 78.5 Å². The Balaban J connectivity index is 1.15. The van der Waals surface area contributed by atoms with Crippen LogP contribution in [0.4, 0.5) is 0 Å². The van der Waals surface area contributed by atoms with Gasteiger partial charge in [-0.1, -0.05) is 74.0 Å². The Morgan fingerprint density at radius 3 is 2.48 bits per heavy atom. The third kappa shape index (κ3) is 5.61. The van der Waals surface area contributed by atoms with Crippen LogP contribution in [0.5, 0.6) is 0 Å². The second-order valence-electron chi connectivity index (χ2n) is 13.1. The van der Waals surface area contributed by atoms with Crippen LogP contribution >= 0.6 is 0 Å². The van der Waals surface area contributed by atoms with Gasteiger partial charge in [-0.3, -0.25) is 9.36 Å². The predicted octanol–water partition coefficient (Wildman–Crippen LogP) is 4.32.